The summed E-state index contributed by atoms with van der Waals surface area (Å²) in [6.45, 7) is 6.27. The lowest BCUT2D eigenvalue weighted by atomic mass is 9.86. The maximum absolute atomic E-state index is 13.6. The van der Waals surface area contributed by atoms with E-state index in [1.54, 1.807) is 31.1 Å². The highest BCUT2D eigenvalue weighted by molar-refractivity contribution is 6.42. The van der Waals surface area contributed by atoms with Crippen molar-refractivity contribution in [3.63, 3.8) is 0 Å². The van der Waals surface area contributed by atoms with Gasteiger partial charge in [0.2, 0.25) is 11.8 Å². The van der Waals surface area contributed by atoms with Crippen molar-refractivity contribution in [1.82, 2.24) is 14.7 Å². The van der Waals surface area contributed by atoms with Crippen molar-refractivity contribution in [2.75, 3.05) is 46.9 Å². The van der Waals surface area contributed by atoms with Gasteiger partial charge in [-0.3, -0.25) is 9.59 Å². The summed E-state index contributed by atoms with van der Waals surface area (Å²) in [4.78, 5) is 44.6. The summed E-state index contributed by atoms with van der Waals surface area (Å²) in [5, 5.41) is 0.780. The van der Waals surface area contributed by atoms with Crippen molar-refractivity contribution in [3.8, 4) is 5.75 Å². The Kier molecular flexibility index (Phi) is 11.0. The molecule has 0 aromatic heterocycles. The standard InChI is InChI=1S/C32H40Cl2FN3O5/c1-32(2)18-23(13-16-42-32)30(40)38-14-11-21(12-15-38)29(39)36(3)19-24(22-5-10-27(33)28(34)17-22)20-37(4)31(41)43-26-8-6-25(35)7-9-26/h5-10,17,21,23-24H,11-16,18-20H2,1-4H3. The van der Waals surface area contributed by atoms with Crippen LogP contribution in [0.4, 0.5) is 9.18 Å². The van der Waals surface area contributed by atoms with E-state index in [1.165, 1.54) is 29.2 Å². The Morgan fingerprint density at radius 1 is 0.977 bits per heavy atom. The Morgan fingerprint density at radius 2 is 1.63 bits per heavy atom. The first-order valence-corrected chi connectivity index (χ1v) is 15.4. The lowest BCUT2D eigenvalue weighted by molar-refractivity contribution is -0.148. The number of halogens is 3. The monoisotopic (exact) mass is 635 g/mol. The van der Waals surface area contributed by atoms with E-state index in [2.05, 4.69) is 0 Å². The Morgan fingerprint density at radius 3 is 2.26 bits per heavy atom. The average Bonchev–Trinajstić information content (AvgIpc) is 2.98. The zero-order chi connectivity index (χ0) is 31.3. The van der Waals surface area contributed by atoms with Crippen LogP contribution in [0.15, 0.2) is 42.5 Å². The number of hydrogen-bond donors (Lipinski definition) is 0. The molecule has 2 atom stereocenters. The number of nitrogens with zero attached hydrogens (tertiary/aromatic N) is 3. The van der Waals surface area contributed by atoms with Crippen LogP contribution < -0.4 is 4.74 Å². The Labute approximate surface area is 263 Å². The maximum atomic E-state index is 13.6. The molecule has 2 aromatic carbocycles. The SMILES string of the molecule is CN(CC(CN(C)C(=O)C1CCN(C(=O)C2CCOC(C)(C)C2)CC1)c1ccc(Cl)c(Cl)c1)C(=O)Oc1ccc(F)cc1. The number of carbonyl (C=O) groups is 3. The molecule has 234 valence electrons. The molecule has 2 aliphatic rings. The highest BCUT2D eigenvalue weighted by Crippen LogP contribution is 2.32. The summed E-state index contributed by atoms with van der Waals surface area (Å²) in [6.07, 6.45) is 2.02. The molecule has 2 aliphatic heterocycles. The number of likely N-dealkylation sites (N-methyl/N-ethyl adjacent to an activating group) is 2. The molecule has 11 heteroatoms. The van der Waals surface area contributed by atoms with E-state index in [-0.39, 0.29) is 47.5 Å². The minimum Gasteiger partial charge on any atom is -0.410 e. The summed E-state index contributed by atoms with van der Waals surface area (Å²) in [7, 11) is 3.36. The van der Waals surface area contributed by atoms with E-state index in [1.807, 2.05) is 24.8 Å². The fourth-order valence-corrected chi connectivity index (χ4v) is 6.21. The predicted molar refractivity (Wildman–Crippen MR) is 164 cm³/mol. The smallest absolute Gasteiger partial charge is 0.410 e. The number of piperidine rings is 1. The third-order valence-electron chi connectivity index (χ3n) is 8.31. The van der Waals surface area contributed by atoms with Gasteiger partial charge in [-0.25, -0.2) is 9.18 Å². The van der Waals surface area contributed by atoms with E-state index >= 15 is 0 Å². The minimum atomic E-state index is -0.615. The Balaban J connectivity index is 1.38. The number of hydrogen-bond acceptors (Lipinski definition) is 5. The second-order valence-corrected chi connectivity index (χ2v) is 13.0. The zero-order valence-electron chi connectivity index (χ0n) is 25.2. The van der Waals surface area contributed by atoms with Gasteiger partial charge in [-0.05, 0) is 81.5 Å². The first-order valence-electron chi connectivity index (χ1n) is 14.6. The molecule has 2 saturated heterocycles. The van der Waals surface area contributed by atoms with Crippen molar-refractivity contribution in [1.29, 1.82) is 0 Å². The van der Waals surface area contributed by atoms with Crippen LogP contribution in [0.3, 0.4) is 0 Å². The van der Waals surface area contributed by atoms with Crippen LogP contribution >= 0.6 is 23.2 Å². The zero-order valence-corrected chi connectivity index (χ0v) is 26.7. The Hall–Kier alpha value is -2.88. The molecular weight excluding hydrogens is 596 g/mol. The van der Waals surface area contributed by atoms with E-state index in [0.717, 1.165) is 12.0 Å². The molecule has 3 amide bonds. The summed E-state index contributed by atoms with van der Waals surface area (Å²) in [5.41, 5.74) is 0.516. The number of ether oxygens (including phenoxy) is 2. The van der Waals surface area contributed by atoms with E-state index < -0.39 is 11.9 Å². The van der Waals surface area contributed by atoms with E-state index in [0.29, 0.717) is 55.5 Å². The lowest BCUT2D eigenvalue weighted by Gasteiger charge is -2.39. The molecule has 0 spiro atoms. The van der Waals surface area contributed by atoms with Gasteiger partial charge in [-0.15, -0.1) is 0 Å². The lowest BCUT2D eigenvalue weighted by Crippen LogP contribution is -2.48. The average molecular weight is 637 g/mol. The van der Waals surface area contributed by atoms with Crippen molar-refractivity contribution < 1.29 is 28.2 Å². The van der Waals surface area contributed by atoms with Gasteiger partial charge in [0.15, 0.2) is 0 Å². The van der Waals surface area contributed by atoms with E-state index in [9.17, 15) is 18.8 Å². The van der Waals surface area contributed by atoms with Crippen LogP contribution in [0.1, 0.15) is 51.0 Å². The molecule has 43 heavy (non-hydrogen) atoms. The highest BCUT2D eigenvalue weighted by atomic mass is 35.5. The van der Waals surface area contributed by atoms with Crippen LogP contribution in [0, 0.1) is 17.7 Å². The molecule has 0 radical (unpaired) electrons. The van der Waals surface area contributed by atoms with Gasteiger partial charge in [-0.1, -0.05) is 29.3 Å². The molecule has 0 N–H and O–H groups in total. The predicted octanol–water partition coefficient (Wildman–Crippen LogP) is 6.25. The van der Waals surface area contributed by atoms with Crippen molar-refractivity contribution in [2.45, 2.75) is 51.0 Å². The summed E-state index contributed by atoms with van der Waals surface area (Å²) >= 11 is 12.5. The largest absolute Gasteiger partial charge is 0.414 e. The molecule has 0 aliphatic carbocycles. The van der Waals surface area contributed by atoms with Crippen LogP contribution in [0.5, 0.6) is 5.75 Å². The summed E-state index contributed by atoms with van der Waals surface area (Å²) < 4.78 is 24.4. The van der Waals surface area contributed by atoms with Gasteiger partial charge in [0, 0.05) is 64.6 Å². The molecule has 0 bridgehead atoms. The maximum Gasteiger partial charge on any atom is 0.414 e. The van der Waals surface area contributed by atoms with Gasteiger partial charge in [-0.2, -0.15) is 0 Å². The van der Waals surface area contributed by atoms with Crippen LogP contribution in [-0.2, 0) is 14.3 Å². The van der Waals surface area contributed by atoms with Crippen LogP contribution in [0.25, 0.3) is 0 Å². The van der Waals surface area contributed by atoms with Crippen LogP contribution in [-0.4, -0.2) is 85.1 Å². The fraction of sp³-hybridized carbons (Fsp3) is 0.531. The first kappa shape index (κ1) is 33.0. The molecule has 2 aromatic rings. The second kappa shape index (κ2) is 14.3. The summed E-state index contributed by atoms with van der Waals surface area (Å²) in [5.74, 6) is -0.587. The van der Waals surface area contributed by atoms with Gasteiger partial charge < -0.3 is 24.2 Å². The molecule has 4 rings (SSSR count). The van der Waals surface area contributed by atoms with Gasteiger partial charge in [0.25, 0.3) is 0 Å². The number of likely N-dealkylation sites (tertiary alicyclic amines) is 1. The van der Waals surface area contributed by atoms with Crippen molar-refractivity contribution >= 4 is 41.1 Å². The third-order valence-corrected chi connectivity index (χ3v) is 9.05. The third kappa shape index (κ3) is 8.83. The second-order valence-electron chi connectivity index (χ2n) is 12.2. The normalized spacial score (nSPS) is 19.4. The number of rotatable bonds is 8. The minimum absolute atomic E-state index is 0.000834. The van der Waals surface area contributed by atoms with Crippen molar-refractivity contribution in [2.24, 2.45) is 11.8 Å². The van der Waals surface area contributed by atoms with Gasteiger partial charge in [0.05, 0.1) is 15.6 Å². The number of amides is 3. The first-order chi connectivity index (χ1) is 20.3. The fourth-order valence-electron chi connectivity index (χ4n) is 5.90. The van der Waals surface area contributed by atoms with Crippen LogP contribution in [0.2, 0.25) is 10.0 Å². The Bertz CT molecular complexity index is 1300. The molecular formula is C32H40Cl2FN3O5. The molecule has 2 heterocycles. The van der Waals surface area contributed by atoms with Gasteiger partial charge >= 0.3 is 6.09 Å². The molecule has 2 fully saturated rings. The quantitative estimate of drug-likeness (QED) is 0.343. The molecule has 2 unspecified atom stereocenters. The topological polar surface area (TPSA) is 79.4 Å². The van der Waals surface area contributed by atoms with Gasteiger partial charge in [0.1, 0.15) is 11.6 Å². The number of benzene rings is 2. The molecule has 0 saturated carbocycles. The summed E-state index contributed by atoms with van der Waals surface area (Å²) in [6, 6.07) is 10.5. The highest BCUT2D eigenvalue weighted by Gasteiger charge is 2.37. The molecule has 8 nitrogen and oxygen atoms in total. The van der Waals surface area contributed by atoms with E-state index in [4.69, 9.17) is 32.7 Å². The number of carbonyl (C=O) groups excluding carboxylic acids is 3. The van der Waals surface area contributed by atoms with Crippen molar-refractivity contribution in [3.05, 3.63) is 63.9 Å².